The second-order valence-electron chi connectivity index (χ2n) is 20.3. The molecule has 0 unspecified atom stereocenters. The summed E-state index contributed by atoms with van der Waals surface area (Å²) in [6.45, 7) is 31.5. The van der Waals surface area contributed by atoms with E-state index in [1.54, 1.807) is 0 Å². The first kappa shape index (κ1) is 46.7. The van der Waals surface area contributed by atoms with Gasteiger partial charge < -0.3 is 24.8 Å². The summed E-state index contributed by atoms with van der Waals surface area (Å²) >= 11 is 1.46. The standard InChI is InChI=1S/C23H21.C21H26.C10H15.2ClH.Zr/c1-22(2)7-5-14-10-18-16(12-20(14)22)9-17-13-21-15(11-19(17)18)6-8-23(21,3)4;1-20(2,3)18-11-7-16(8-12-18)15-17-9-13-19(14-10-17)21(4,5)6;1-8-5-6-9(7-8)10(2,3)4;;;/h5-7,10-13H,9H2,1-4H3;7-14H,1-6H3;5-7H,1-4H3;2*1H;/q-1;;-1;;;+2/p-2. The maximum atomic E-state index is 3.50. The summed E-state index contributed by atoms with van der Waals surface area (Å²) in [5.41, 5.74) is 20.7. The zero-order chi connectivity index (χ0) is 40.3. The minimum absolute atomic E-state index is 0. The number of aryl methyl sites for hydroxylation is 1. The zero-order valence-electron chi connectivity index (χ0n) is 36.9. The van der Waals surface area contributed by atoms with Crippen molar-refractivity contribution in [1.82, 2.24) is 0 Å². The number of fused-ring (bicyclic) bond motifs is 5. The SMILES string of the molecule is CC(C)(C)c1ccc([C](=[Zr+2])c2ccc(C(C)(C)C)cc2)cc1.CC1(C)[C-]=Cc2cc3c(cc21)Cc1cc2c(cc1-3)C=CC2(C)C.Cc1cc(C(C)(C)C)c[cH-]1.[Cl-].[Cl-]. The molecular weight excluding hydrogens is 811 g/mol. The fraction of sp³-hybridized carbons (Fsp3) is 0.370. The van der Waals surface area contributed by atoms with E-state index in [1.165, 1.54) is 105 Å². The summed E-state index contributed by atoms with van der Waals surface area (Å²) < 4.78 is 1.42. The van der Waals surface area contributed by atoms with Crippen LogP contribution < -0.4 is 24.8 Å². The summed E-state index contributed by atoms with van der Waals surface area (Å²) in [7, 11) is 0. The summed E-state index contributed by atoms with van der Waals surface area (Å²) in [5.74, 6) is 0. The predicted octanol–water partition coefficient (Wildman–Crippen LogP) is 8.09. The molecule has 0 bridgehead atoms. The Kier molecular flexibility index (Phi) is 13.9. The van der Waals surface area contributed by atoms with E-state index < -0.39 is 0 Å². The van der Waals surface area contributed by atoms with Crippen molar-refractivity contribution < 1.29 is 49.0 Å². The van der Waals surface area contributed by atoms with Crippen molar-refractivity contribution in [3.63, 3.8) is 0 Å². The quantitative estimate of drug-likeness (QED) is 0.155. The van der Waals surface area contributed by atoms with Gasteiger partial charge in [-0.25, -0.2) is 12.1 Å². The molecular formula is C54H62Cl2Zr-2. The first-order chi connectivity index (χ1) is 25.4. The molecule has 0 fully saturated rings. The molecule has 0 aliphatic heterocycles. The van der Waals surface area contributed by atoms with Crippen molar-refractivity contribution in [2.75, 3.05) is 0 Å². The minimum Gasteiger partial charge on any atom is -1.00 e. The van der Waals surface area contributed by atoms with Crippen molar-refractivity contribution >= 4 is 15.4 Å². The Morgan fingerprint density at radius 2 is 1.07 bits per heavy atom. The Morgan fingerprint density at radius 3 is 1.49 bits per heavy atom. The van der Waals surface area contributed by atoms with Gasteiger partial charge in [0, 0.05) is 5.41 Å². The van der Waals surface area contributed by atoms with Gasteiger partial charge in [-0.15, -0.1) is 11.6 Å². The molecule has 0 radical (unpaired) electrons. The van der Waals surface area contributed by atoms with Crippen LogP contribution in [0, 0.1) is 13.0 Å². The zero-order valence-corrected chi connectivity index (χ0v) is 40.8. The maximum Gasteiger partial charge on any atom is 0.00846 e. The van der Waals surface area contributed by atoms with Crippen LogP contribution in [-0.4, -0.2) is 3.21 Å². The van der Waals surface area contributed by atoms with Crippen LogP contribution in [0.25, 0.3) is 23.3 Å². The average Bonchev–Trinajstić information content (AvgIpc) is 3.86. The van der Waals surface area contributed by atoms with Gasteiger partial charge in [0.2, 0.25) is 0 Å². The summed E-state index contributed by atoms with van der Waals surface area (Å²) in [4.78, 5) is 0. The number of rotatable bonds is 2. The molecule has 3 aliphatic carbocycles. The Labute approximate surface area is 373 Å². The van der Waals surface area contributed by atoms with Crippen molar-refractivity contribution in [3.05, 3.63) is 170 Å². The first-order valence-corrected chi connectivity index (χ1v) is 21.4. The minimum atomic E-state index is 0. The number of allylic oxidation sites excluding steroid dienone is 2. The van der Waals surface area contributed by atoms with Gasteiger partial charge in [0.1, 0.15) is 0 Å². The molecule has 0 N–H and O–H groups in total. The largest absolute Gasteiger partial charge is 1.00 e. The number of hydrogen-bond acceptors (Lipinski definition) is 0. The van der Waals surface area contributed by atoms with Gasteiger partial charge in [-0.05, 0) is 45.9 Å². The van der Waals surface area contributed by atoms with E-state index in [2.05, 4.69) is 212 Å². The molecule has 0 spiro atoms. The Bertz CT molecular complexity index is 2150. The molecule has 0 saturated heterocycles. The van der Waals surface area contributed by atoms with Crippen LogP contribution in [0.1, 0.15) is 157 Å². The van der Waals surface area contributed by atoms with Crippen LogP contribution in [0.3, 0.4) is 0 Å². The van der Waals surface area contributed by atoms with Crippen molar-refractivity contribution in [2.45, 2.75) is 130 Å². The van der Waals surface area contributed by atoms with E-state index in [0.717, 1.165) is 6.42 Å². The van der Waals surface area contributed by atoms with E-state index in [1.807, 2.05) is 0 Å². The molecule has 8 rings (SSSR count). The smallest absolute Gasteiger partial charge is 0.00846 e. The van der Waals surface area contributed by atoms with Gasteiger partial charge in [0.15, 0.2) is 0 Å². The van der Waals surface area contributed by atoms with E-state index in [4.69, 9.17) is 0 Å². The molecule has 298 valence electrons. The monoisotopic (exact) mass is 870 g/mol. The normalized spacial score (nSPS) is 15.1. The van der Waals surface area contributed by atoms with E-state index >= 15 is 0 Å². The predicted molar refractivity (Wildman–Crippen MR) is 236 cm³/mol. The maximum absolute atomic E-state index is 3.50. The van der Waals surface area contributed by atoms with Crippen molar-refractivity contribution in [3.8, 4) is 11.1 Å². The Morgan fingerprint density at radius 1 is 0.614 bits per heavy atom. The molecule has 57 heavy (non-hydrogen) atoms. The summed E-state index contributed by atoms with van der Waals surface area (Å²) in [6.07, 6.45) is 11.4. The van der Waals surface area contributed by atoms with Crippen LogP contribution in [0.15, 0.2) is 97.1 Å². The topological polar surface area (TPSA) is 0 Å². The van der Waals surface area contributed by atoms with Gasteiger partial charge in [0.25, 0.3) is 0 Å². The van der Waals surface area contributed by atoms with Crippen LogP contribution in [0.2, 0.25) is 0 Å². The van der Waals surface area contributed by atoms with E-state index in [0.29, 0.717) is 5.41 Å². The molecule has 0 aromatic heterocycles. The molecule has 5 aromatic carbocycles. The molecule has 0 saturated carbocycles. The molecule has 0 heterocycles. The van der Waals surface area contributed by atoms with Crippen LogP contribution >= 0.6 is 0 Å². The third-order valence-electron chi connectivity index (χ3n) is 11.7. The van der Waals surface area contributed by atoms with Gasteiger partial charge in [0.05, 0.1) is 0 Å². The first-order valence-electron chi connectivity index (χ1n) is 20.1. The van der Waals surface area contributed by atoms with E-state index in [-0.39, 0.29) is 46.5 Å². The Hall–Kier alpha value is -2.96. The average molecular weight is 873 g/mol. The molecule has 0 atom stereocenters. The fourth-order valence-electron chi connectivity index (χ4n) is 7.87. The van der Waals surface area contributed by atoms with Crippen molar-refractivity contribution in [2.24, 2.45) is 0 Å². The fourth-order valence-corrected chi connectivity index (χ4v) is 8.69. The van der Waals surface area contributed by atoms with Gasteiger partial charge in [-0.3, -0.25) is 6.08 Å². The van der Waals surface area contributed by atoms with Crippen LogP contribution in [0.5, 0.6) is 0 Å². The third kappa shape index (κ3) is 10.3. The molecule has 3 aliphatic rings. The molecule has 3 heteroatoms. The second-order valence-corrected chi connectivity index (χ2v) is 21.5. The van der Waals surface area contributed by atoms with Crippen LogP contribution in [0.4, 0.5) is 0 Å². The third-order valence-corrected chi connectivity index (χ3v) is 13.1. The van der Waals surface area contributed by atoms with Gasteiger partial charge >= 0.3 is 151 Å². The molecule has 0 nitrogen and oxygen atoms in total. The Balaban J connectivity index is 0.000000200. The second kappa shape index (κ2) is 17.0. The number of hydrogen-bond donors (Lipinski definition) is 0. The van der Waals surface area contributed by atoms with Gasteiger partial charge in [-0.1, -0.05) is 90.5 Å². The summed E-state index contributed by atoms with van der Waals surface area (Å²) in [6, 6.07) is 34.4. The van der Waals surface area contributed by atoms with Crippen molar-refractivity contribution in [1.29, 1.82) is 0 Å². The number of benzene rings is 4. The summed E-state index contributed by atoms with van der Waals surface area (Å²) in [5, 5.41) is 0. The number of halogens is 2. The molecule has 5 aromatic rings. The van der Waals surface area contributed by atoms with Gasteiger partial charge in [-0.2, -0.15) is 28.8 Å². The molecule has 0 amide bonds. The van der Waals surface area contributed by atoms with E-state index in [9.17, 15) is 0 Å². The van der Waals surface area contributed by atoms with Crippen LogP contribution in [-0.2, 0) is 57.7 Å².